The number of benzene rings is 2. The van der Waals surface area contributed by atoms with Gasteiger partial charge in [-0.15, -0.1) is 0 Å². The summed E-state index contributed by atoms with van der Waals surface area (Å²) in [5, 5.41) is 1.87. The summed E-state index contributed by atoms with van der Waals surface area (Å²) in [7, 11) is 0. The van der Waals surface area contributed by atoms with Gasteiger partial charge in [-0.25, -0.2) is 0 Å². The van der Waals surface area contributed by atoms with Crippen molar-refractivity contribution in [3.05, 3.63) is 81.8 Å². The summed E-state index contributed by atoms with van der Waals surface area (Å²) in [6.07, 6.45) is 1.90. The van der Waals surface area contributed by atoms with Crippen LogP contribution in [-0.4, -0.2) is 4.57 Å². The highest BCUT2D eigenvalue weighted by molar-refractivity contribution is 5.99. The minimum Gasteiger partial charge on any atom is -0.308 e. The van der Waals surface area contributed by atoms with Crippen LogP contribution in [0.15, 0.2) is 59.4 Å². The van der Waals surface area contributed by atoms with Gasteiger partial charge < -0.3 is 4.57 Å². The fourth-order valence-electron chi connectivity index (χ4n) is 3.95. The van der Waals surface area contributed by atoms with E-state index >= 15 is 0 Å². The first-order valence-electron chi connectivity index (χ1n) is 7.76. The zero-order valence-corrected chi connectivity index (χ0v) is 12.2. The van der Waals surface area contributed by atoms with Crippen molar-refractivity contribution in [1.29, 1.82) is 0 Å². The van der Waals surface area contributed by atoms with Gasteiger partial charge in [0.15, 0.2) is 0 Å². The van der Waals surface area contributed by atoms with Gasteiger partial charge in [0.2, 0.25) is 0 Å². The molecule has 1 aliphatic carbocycles. The molecule has 0 N–H and O–H groups in total. The van der Waals surface area contributed by atoms with Crippen molar-refractivity contribution in [1.82, 2.24) is 4.57 Å². The Hall–Kier alpha value is -2.61. The summed E-state index contributed by atoms with van der Waals surface area (Å²) in [5.74, 6) is 0. The van der Waals surface area contributed by atoms with Gasteiger partial charge in [0, 0.05) is 24.0 Å². The summed E-state index contributed by atoms with van der Waals surface area (Å²) >= 11 is 0. The van der Waals surface area contributed by atoms with E-state index in [9.17, 15) is 4.79 Å². The predicted molar refractivity (Wildman–Crippen MR) is 89.8 cm³/mol. The lowest BCUT2D eigenvalue weighted by Crippen LogP contribution is -2.26. The van der Waals surface area contributed by atoms with Gasteiger partial charge in [0.25, 0.3) is 5.56 Å². The largest absolute Gasteiger partial charge is 0.308 e. The van der Waals surface area contributed by atoms with E-state index in [0.717, 1.165) is 35.9 Å². The molecule has 5 rings (SSSR count). The number of allylic oxidation sites excluding steroid dienone is 2. The summed E-state index contributed by atoms with van der Waals surface area (Å²) in [4.78, 5) is 12.8. The molecule has 1 aromatic heterocycles. The van der Waals surface area contributed by atoms with E-state index < -0.39 is 0 Å². The molecule has 2 aromatic carbocycles. The SMILES string of the molecule is O=c1c2ccccc2cc2n1CCC1=C2Cc2ccccc21. The highest BCUT2D eigenvalue weighted by Gasteiger charge is 2.27. The van der Waals surface area contributed by atoms with Gasteiger partial charge in [-0.1, -0.05) is 42.5 Å². The van der Waals surface area contributed by atoms with Crippen LogP contribution >= 0.6 is 0 Å². The lowest BCUT2D eigenvalue weighted by Gasteiger charge is -2.22. The Morgan fingerprint density at radius 1 is 0.909 bits per heavy atom. The monoisotopic (exact) mass is 285 g/mol. The van der Waals surface area contributed by atoms with Gasteiger partial charge in [0.1, 0.15) is 0 Å². The van der Waals surface area contributed by atoms with Crippen LogP contribution in [0, 0.1) is 0 Å². The van der Waals surface area contributed by atoms with E-state index in [1.54, 1.807) is 0 Å². The van der Waals surface area contributed by atoms with Crippen molar-refractivity contribution >= 4 is 21.9 Å². The highest BCUT2D eigenvalue weighted by atomic mass is 16.1. The van der Waals surface area contributed by atoms with Crippen molar-refractivity contribution in [2.24, 2.45) is 0 Å². The maximum atomic E-state index is 12.8. The van der Waals surface area contributed by atoms with E-state index in [0.29, 0.717) is 0 Å². The van der Waals surface area contributed by atoms with E-state index in [4.69, 9.17) is 0 Å². The van der Waals surface area contributed by atoms with Crippen LogP contribution in [0.2, 0.25) is 0 Å². The van der Waals surface area contributed by atoms with Crippen LogP contribution in [-0.2, 0) is 13.0 Å². The van der Waals surface area contributed by atoms with Gasteiger partial charge in [0.05, 0.1) is 0 Å². The molecule has 0 spiro atoms. The molecule has 2 nitrogen and oxygen atoms in total. The van der Waals surface area contributed by atoms with E-state index in [-0.39, 0.29) is 5.56 Å². The van der Waals surface area contributed by atoms with E-state index in [1.807, 2.05) is 28.8 Å². The summed E-state index contributed by atoms with van der Waals surface area (Å²) in [6.45, 7) is 0.784. The quantitative estimate of drug-likeness (QED) is 0.614. The Balaban J connectivity index is 1.82. The predicted octanol–water partition coefficient (Wildman–Crippen LogP) is 3.87. The highest BCUT2D eigenvalue weighted by Crippen LogP contribution is 2.42. The second kappa shape index (κ2) is 4.20. The molecule has 0 radical (unpaired) electrons. The average Bonchev–Trinajstić information content (AvgIpc) is 2.94. The van der Waals surface area contributed by atoms with Crippen LogP contribution < -0.4 is 5.56 Å². The van der Waals surface area contributed by atoms with Gasteiger partial charge in [-0.05, 0) is 46.2 Å². The van der Waals surface area contributed by atoms with Crippen molar-refractivity contribution < 1.29 is 0 Å². The topological polar surface area (TPSA) is 22.0 Å². The van der Waals surface area contributed by atoms with Crippen molar-refractivity contribution in [2.45, 2.75) is 19.4 Å². The minimum atomic E-state index is 0.149. The Labute approximate surface area is 128 Å². The van der Waals surface area contributed by atoms with Crippen LogP contribution in [0.25, 0.3) is 21.9 Å². The number of hydrogen-bond acceptors (Lipinski definition) is 1. The molecule has 0 amide bonds. The fourth-order valence-corrected chi connectivity index (χ4v) is 3.95. The van der Waals surface area contributed by atoms with Gasteiger partial charge in [-0.2, -0.15) is 0 Å². The molecule has 0 atom stereocenters. The summed E-state index contributed by atoms with van der Waals surface area (Å²) in [5.41, 5.74) is 6.81. The fraction of sp³-hybridized carbons (Fsp3) is 0.150. The normalized spacial score (nSPS) is 15.6. The Kier molecular flexibility index (Phi) is 2.29. The number of aromatic nitrogens is 1. The second-order valence-electron chi connectivity index (χ2n) is 6.11. The number of pyridine rings is 1. The third kappa shape index (κ3) is 1.47. The summed E-state index contributed by atoms with van der Waals surface area (Å²) in [6, 6.07) is 18.7. The molecule has 2 heteroatoms. The first-order chi connectivity index (χ1) is 10.8. The Bertz CT molecular complexity index is 1020. The first kappa shape index (κ1) is 12.0. The zero-order chi connectivity index (χ0) is 14.7. The van der Waals surface area contributed by atoms with Gasteiger partial charge >= 0.3 is 0 Å². The summed E-state index contributed by atoms with van der Waals surface area (Å²) < 4.78 is 1.97. The molecule has 106 valence electrons. The number of rotatable bonds is 0. The van der Waals surface area contributed by atoms with Crippen molar-refractivity contribution in [3.63, 3.8) is 0 Å². The molecule has 3 aromatic rings. The molecule has 0 bridgehead atoms. The molecule has 0 fully saturated rings. The molecular weight excluding hydrogens is 270 g/mol. The van der Waals surface area contributed by atoms with Crippen LogP contribution in [0.5, 0.6) is 0 Å². The molecular formula is C20H15NO. The van der Waals surface area contributed by atoms with Gasteiger partial charge in [-0.3, -0.25) is 4.79 Å². The third-order valence-electron chi connectivity index (χ3n) is 4.99. The van der Waals surface area contributed by atoms with Crippen LogP contribution in [0.4, 0.5) is 0 Å². The van der Waals surface area contributed by atoms with E-state index in [2.05, 4.69) is 30.3 Å². The second-order valence-corrected chi connectivity index (χ2v) is 6.11. The molecule has 0 saturated carbocycles. The van der Waals surface area contributed by atoms with Crippen LogP contribution in [0.1, 0.15) is 23.2 Å². The van der Waals surface area contributed by atoms with E-state index in [1.165, 1.54) is 22.3 Å². The molecule has 2 heterocycles. The number of hydrogen-bond donors (Lipinski definition) is 0. The number of nitrogens with zero attached hydrogens (tertiary/aromatic N) is 1. The maximum absolute atomic E-state index is 12.8. The minimum absolute atomic E-state index is 0.149. The third-order valence-corrected chi connectivity index (χ3v) is 4.99. The molecule has 0 saturated heterocycles. The van der Waals surface area contributed by atoms with Crippen molar-refractivity contribution in [3.8, 4) is 0 Å². The average molecular weight is 285 g/mol. The molecule has 22 heavy (non-hydrogen) atoms. The standard InChI is InChI=1S/C20H15NO/c22-20-16-8-4-2-6-14(16)12-19-18-11-13-5-1-3-7-15(13)17(18)9-10-21(19)20/h1-8,12H,9-11H2. The lowest BCUT2D eigenvalue weighted by atomic mass is 9.96. The molecule has 2 aliphatic rings. The molecule has 1 aliphatic heterocycles. The van der Waals surface area contributed by atoms with Crippen LogP contribution in [0.3, 0.4) is 0 Å². The Morgan fingerprint density at radius 3 is 2.68 bits per heavy atom. The zero-order valence-electron chi connectivity index (χ0n) is 12.2. The smallest absolute Gasteiger partial charge is 0.258 e. The first-order valence-corrected chi connectivity index (χ1v) is 7.76. The van der Waals surface area contributed by atoms with Crippen molar-refractivity contribution in [2.75, 3.05) is 0 Å². The lowest BCUT2D eigenvalue weighted by molar-refractivity contribution is 0.672. The maximum Gasteiger partial charge on any atom is 0.258 e. The Morgan fingerprint density at radius 2 is 1.73 bits per heavy atom. The molecule has 0 unspecified atom stereocenters. The number of fused-ring (bicyclic) bond motifs is 5.